The summed E-state index contributed by atoms with van der Waals surface area (Å²) in [6.07, 6.45) is -27.3. The summed E-state index contributed by atoms with van der Waals surface area (Å²) in [7, 11) is -10.2. The summed E-state index contributed by atoms with van der Waals surface area (Å²) < 4.78 is 96.9. The lowest BCUT2D eigenvalue weighted by molar-refractivity contribution is -0.358. The Balaban J connectivity index is 1.89. The summed E-state index contributed by atoms with van der Waals surface area (Å²) >= 11 is 0. The predicted molar refractivity (Wildman–Crippen MR) is 146 cm³/mol. The molecular formula is C22H36N2O23S2. The second-order valence-electron chi connectivity index (χ2n) is 10.9. The van der Waals surface area contributed by atoms with Crippen LogP contribution in [0.4, 0.5) is 0 Å². The molecule has 0 aromatic carbocycles. The molecule has 0 aromatic rings. The highest BCUT2D eigenvalue weighted by Crippen LogP contribution is 2.33. The smallest absolute Gasteiger partial charge is 0.397 e. The third kappa shape index (κ3) is 10.9. The number of rotatable bonds is 13. The molecule has 25 nitrogen and oxygen atoms in total. The van der Waals surface area contributed by atoms with Crippen molar-refractivity contribution in [2.75, 3.05) is 13.2 Å². The summed E-state index contributed by atoms with van der Waals surface area (Å²) in [5, 5.41) is 78.5. The van der Waals surface area contributed by atoms with Crippen LogP contribution in [-0.2, 0) is 67.2 Å². The molecule has 11 N–H and O–H groups in total. The van der Waals surface area contributed by atoms with Gasteiger partial charge in [-0.05, 0) is 0 Å². The zero-order chi connectivity index (χ0) is 37.2. The summed E-state index contributed by atoms with van der Waals surface area (Å²) in [6.45, 7) is -0.330. The lowest BCUT2D eigenvalue weighted by Crippen LogP contribution is -2.69. The standard InChI is InChI=1S/C22H36N2O23S2/c1-5(25)23-9-13(29)11(27)7(3-41-48(35,36)37)44-21(9)46-17-14(30)15(31)22(47-18(17)19(32)33)45-16-10(24-6(2)26)20(34)43-8(12(16)28)4-42-49(38,39)40/h7-18,20-22,27-31,34H,3-4H2,1-2H3,(H,23,25)(H,24,26)(H,32,33)(H,35,36,37)(H,38,39,40)/t7-,8-,9-,10-,11+,12+,13-,14-,15-,16-,17+,18-,20?,21+,22-/m1/s1. The third-order valence-electron chi connectivity index (χ3n) is 7.27. The van der Waals surface area contributed by atoms with Crippen LogP contribution in [-0.4, -0.2) is 185 Å². The van der Waals surface area contributed by atoms with Gasteiger partial charge in [-0.1, -0.05) is 0 Å². The minimum absolute atomic E-state index is 0.836. The average Bonchev–Trinajstić information content (AvgIpc) is 2.96. The van der Waals surface area contributed by atoms with Crippen LogP contribution in [0.3, 0.4) is 0 Å². The summed E-state index contributed by atoms with van der Waals surface area (Å²) in [5.41, 5.74) is 0. The van der Waals surface area contributed by atoms with E-state index in [9.17, 15) is 67.0 Å². The highest BCUT2D eigenvalue weighted by Gasteiger charge is 2.56. The van der Waals surface area contributed by atoms with Crippen LogP contribution in [0.1, 0.15) is 13.8 Å². The van der Waals surface area contributed by atoms with E-state index in [0.717, 1.165) is 13.8 Å². The summed E-state index contributed by atoms with van der Waals surface area (Å²) in [5.74, 6) is -3.60. The van der Waals surface area contributed by atoms with E-state index >= 15 is 0 Å². The molecule has 1 unspecified atom stereocenters. The molecule has 0 bridgehead atoms. The van der Waals surface area contributed by atoms with Crippen molar-refractivity contribution in [1.82, 2.24) is 10.6 Å². The van der Waals surface area contributed by atoms with Gasteiger partial charge in [0.15, 0.2) is 25.0 Å². The molecule has 3 heterocycles. The van der Waals surface area contributed by atoms with Gasteiger partial charge in [-0.25, -0.2) is 13.2 Å². The maximum atomic E-state index is 12.3. The average molecular weight is 761 g/mol. The van der Waals surface area contributed by atoms with Gasteiger partial charge in [0, 0.05) is 13.8 Å². The van der Waals surface area contributed by atoms with Crippen LogP contribution in [0.2, 0.25) is 0 Å². The number of aliphatic hydroxyl groups excluding tert-OH is 6. The van der Waals surface area contributed by atoms with Gasteiger partial charge in [-0.3, -0.25) is 18.7 Å². The number of carboxylic acids is 1. The molecule has 0 radical (unpaired) electrons. The first-order chi connectivity index (χ1) is 22.5. The molecule has 3 saturated heterocycles. The van der Waals surface area contributed by atoms with Crippen LogP contribution < -0.4 is 10.6 Å². The monoisotopic (exact) mass is 760 g/mol. The van der Waals surface area contributed by atoms with E-state index in [1.807, 2.05) is 0 Å². The van der Waals surface area contributed by atoms with E-state index in [1.165, 1.54) is 0 Å². The molecule has 2 amide bonds. The van der Waals surface area contributed by atoms with E-state index in [-0.39, 0.29) is 0 Å². The van der Waals surface area contributed by atoms with Gasteiger partial charge in [0.25, 0.3) is 0 Å². The number of amides is 2. The van der Waals surface area contributed by atoms with Gasteiger partial charge in [0.05, 0.1) is 13.2 Å². The van der Waals surface area contributed by atoms with Crippen molar-refractivity contribution in [3.05, 3.63) is 0 Å². The van der Waals surface area contributed by atoms with Gasteiger partial charge in [-0.2, -0.15) is 16.8 Å². The minimum atomic E-state index is -5.11. The molecule has 3 aliphatic rings. The first-order valence-corrected chi connectivity index (χ1v) is 16.6. The fourth-order valence-corrected chi connectivity index (χ4v) is 5.72. The summed E-state index contributed by atoms with van der Waals surface area (Å²) in [6, 6.07) is -3.47. The quantitative estimate of drug-likeness (QED) is 0.0776. The molecule has 3 rings (SSSR count). The number of carboxylic acid groups (broad SMARTS) is 1. The van der Waals surface area contributed by atoms with E-state index in [4.69, 9.17) is 32.8 Å². The molecule has 49 heavy (non-hydrogen) atoms. The molecule has 0 saturated carbocycles. The molecule has 3 aliphatic heterocycles. The molecule has 15 atom stereocenters. The van der Waals surface area contributed by atoms with E-state index in [0.29, 0.717) is 0 Å². The zero-order valence-electron chi connectivity index (χ0n) is 25.1. The maximum absolute atomic E-state index is 12.3. The van der Waals surface area contributed by atoms with Crippen molar-refractivity contribution in [2.45, 2.75) is 106 Å². The van der Waals surface area contributed by atoms with Crippen LogP contribution in [0.5, 0.6) is 0 Å². The molecule has 0 aliphatic carbocycles. The van der Waals surface area contributed by atoms with Gasteiger partial charge in [-0.15, -0.1) is 0 Å². The van der Waals surface area contributed by atoms with Gasteiger partial charge >= 0.3 is 26.8 Å². The van der Waals surface area contributed by atoms with E-state index < -0.39 is 144 Å². The van der Waals surface area contributed by atoms with Gasteiger partial charge in [0.1, 0.15) is 67.0 Å². The fraction of sp³-hybridized carbons (Fsp3) is 0.864. The second-order valence-corrected chi connectivity index (χ2v) is 13.1. The highest BCUT2D eigenvalue weighted by atomic mass is 32.3. The number of carbonyl (C=O) groups is 3. The van der Waals surface area contributed by atoms with Crippen LogP contribution in [0, 0.1) is 0 Å². The molecule has 27 heteroatoms. The highest BCUT2D eigenvalue weighted by molar-refractivity contribution is 7.81. The Morgan fingerprint density at radius 2 is 1.12 bits per heavy atom. The van der Waals surface area contributed by atoms with Crippen LogP contribution >= 0.6 is 0 Å². The Morgan fingerprint density at radius 1 is 0.633 bits per heavy atom. The largest absolute Gasteiger partial charge is 0.479 e. The molecule has 284 valence electrons. The summed E-state index contributed by atoms with van der Waals surface area (Å²) in [4.78, 5) is 35.9. The zero-order valence-corrected chi connectivity index (χ0v) is 26.8. The van der Waals surface area contributed by atoms with Crippen molar-refractivity contribution in [1.29, 1.82) is 0 Å². The Kier molecular flexibility index (Phi) is 13.7. The third-order valence-corrected chi connectivity index (χ3v) is 8.13. The van der Waals surface area contributed by atoms with Crippen molar-refractivity contribution >= 4 is 38.6 Å². The van der Waals surface area contributed by atoms with Crippen LogP contribution in [0.15, 0.2) is 0 Å². The maximum Gasteiger partial charge on any atom is 0.397 e. The molecule has 3 fully saturated rings. The van der Waals surface area contributed by atoms with Crippen molar-refractivity contribution in [3.8, 4) is 0 Å². The normalized spacial score (nSPS) is 40.3. The van der Waals surface area contributed by atoms with Crippen molar-refractivity contribution < 1.29 is 108 Å². The van der Waals surface area contributed by atoms with Crippen molar-refractivity contribution in [2.24, 2.45) is 0 Å². The Morgan fingerprint density at radius 3 is 1.61 bits per heavy atom. The lowest BCUT2D eigenvalue weighted by atomic mass is 9.94. The molecule has 0 aromatic heterocycles. The van der Waals surface area contributed by atoms with Gasteiger partial charge in [0.2, 0.25) is 11.8 Å². The first kappa shape index (κ1) is 41.1. The SMILES string of the molecule is CC(=O)N[C@H]1[C@H](O[C@H]2[C@H](O)[C@@H](O)[C@H](O[C@H]3[C@@H](O)[C@@H](COS(=O)(=O)O)OC(O)[C@@H]3NC(C)=O)O[C@H]2C(=O)O)O[C@H](COS(=O)(=O)O)[C@H](O)[C@@H]1O. The number of hydrogen-bond acceptors (Lipinski definition) is 20. The van der Waals surface area contributed by atoms with E-state index in [1.54, 1.807) is 0 Å². The number of hydrogen-bond donors (Lipinski definition) is 11. The molecule has 0 spiro atoms. The number of nitrogens with one attached hydrogen (secondary N) is 2. The van der Waals surface area contributed by atoms with Gasteiger partial charge < -0.3 is 70.1 Å². The Labute approximate surface area is 276 Å². The lowest BCUT2D eigenvalue weighted by Gasteiger charge is -2.48. The van der Waals surface area contributed by atoms with Crippen LogP contribution in [0.25, 0.3) is 0 Å². The number of aliphatic hydroxyl groups is 6. The molecular weight excluding hydrogens is 724 g/mol. The number of carbonyl (C=O) groups excluding carboxylic acids is 2. The van der Waals surface area contributed by atoms with Crippen molar-refractivity contribution in [3.63, 3.8) is 0 Å². The first-order valence-electron chi connectivity index (χ1n) is 13.9. The minimum Gasteiger partial charge on any atom is -0.479 e. The number of aliphatic carboxylic acids is 1. The topological polar surface area (TPSA) is 390 Å². The Hall–Kier alpha value is -2.29. The Bertz CT molecular complexity index is 1400. The fourth-order valence-electron chi connectivity index (χ4n) is 5.11. The van der Waals surface area contributed by atoms with E-state index in [2.05, 4.69) is 19.0 Å². The predicted octanol–water partition coefficient (Wildman–Crippen LogP) is -7.54. The number of ether oxygens (including phenoxy) is 5. The second kappa shape index (κ2) is 16.4.